The molecule has 4 N–H and O–H groups in total. The number of hydrogen-bond acceptors (Lipinski definition) is 7. The molecule has 1 aliphatic rings. The summed E-state index contributed by atoms with van der Waals surface area (Å²) in [5, 5.41) is 13.3. The minimum absolute atomic E-state index is 0.0341. The summed E-state index contributed by atoms with van der Waals surface area (Å²) >= 11 is 0. The quantitative estimate of drug-likeness (QED) is 0.715. The predicted molar refractivity (Wildman–Crippen MR) is 76.5 cm³/mol. The lowest BCUT2D eigenvalue weighted by Gasteiger charge is -2.21. The standard InChI is InChI=1S/C13H23N5O2/c1-8(2)20-13-17-11(14)16-12(18-13)15-9-6-4-3-5-7-10(9)19/h8-10,19H,3-7H2,1-2H3,(H3,14,15,16,17,18). The van der Waals surface area contributed by atoms with Crippen LogP contribution in [0.25, 0.3) is 0 Å². The summed E-state index contributed by atoms with van der Waals surface area (Å²) in [6, 6.07) is 0.157. The monoisotopic (exact) mass is 281 g/mol. The Kier molecular flexibility index (Phi) is 4.94. The van der Waals surface area contributed by atoms with Crippen LogP contribution in [0.2, 0.25) is 0 Å². The second kappa shape index (κ2) is 6.69. The molecule has 112 valence electrons. The van der Waals surface area contributed by atoms with E-state index in [1.807, 2.05) is 13.8 Å². The maximum atomic E-state index is 10.1. The third-order valence-electron chi connectivity index (χ3n) is 3.27. The second-order valence-corrected chi connectivity index (χ2v) is 5.42. The first-order chi connectivity index (χ1) is 9.54. The Morgan fingerprint density at radius 1 is 1.20 bits per heavy atom. The van der Waals surface area contributed by atoms with Crippen molar-refractivity contribution in [2.45, 2.75) is 64.2 Å². The number of rotatable bonds is 4. The van der Waals surface area contributed by atoms with Crippen molar-refractivity contribution in [3.63, 3.8) is 0 Å². The first kappa shape index (κ1) is 14.8. The van der Waals surface area contributed by atoms with Gasteiger partial charge in [0.1, 0.15) is 0 Å². The van der Waals surface area contributed by atoms with E-state index in [-0.39, 0.29) is 30.2 Å². The predicted octanol–water partition coefficient (Wildman–Crippen LogP) is 1.35. The van der Waals surface area contributed by atoms with Gasteiger partial charge in [-0.25, -0.2) is 0 Å². The van der Waals surface area contributed by atoms with Crippen molar-refractivity contribution < 1.29 is 9.84 Å². The number of aliphatic hydroxyl groups excluding tert-OH is 1. The van der Waals surface area contributed by atoms with Crippen molar-refractivity contribution in [3.05, 3.63) is 0 Å². The average molecular weight is 281 g/mol. The van der Waals surface area contributed by atoms with Gasteiger partial charge in [0, 0.05) is 0 Å². The van der Waals surface area contributed by atoms with Crippen LogP contribution in [0, 0.1) is 0 Å². The number of ether oxygens (including phenoxy) is 1. The molecular weight excluding hydrogens is 258 g/mol. The van der Waals surface area contributed by atoms with Crippen LogP contribution in [0.5, 0.6) is 6.01 Å². The van der Waals surface area contributed by atoms with Crippen molar-refractivity contribution in [1.29, 1.82) is 0 Å². The molecule has 1 fully saturated rings. The molecule has 1 aliphatic carbocycles. The largest absolute Gasteiger partial charge is 0.461 e. The van der Waals surface area contributed by atoms with Gasteiger partial charge < -0.3 is 20.9 Å². The van der Waals surface area contributed by atoms with Gasteiger partial charge in [-0.05, 0) is 26.7 Å². The smallest absolute Gasteiger partial charge is 0.323 e. The van der Waals surface area contributed by atoms with Crippen LogP contribution in [0.3, 0.4) is 0 Å². The van der Waals surface area contributed by atoms with E-state index >= 15 is 0 Å². The highest BCUT2D eigenvalue weighted by molar-refractivity contribution is 5.34. The van der Waals surface area contributed by atoms with E-state index < -0.39 is 0 Å². The Balaban J connectivity index is 2.09. The lowest BCUT2D eigenvalue weighted by atomic mass is 10.1. The van der Waals surface area contributed by atoms with Gasteiger partial charge in [0.2, 0.25) is 11.9 Å². The minimum atomic E-state index is -0.384. The molecule has 2 rings (SSSR count). The Morgan fingerprint density at radius 2 is 1.95 bits per heavy atom. The fourth-order valence-electron chi connectivity index (χ4n) is 2.32. The second-order valence-electron chi connectivity index (χ2n) is 5.42. The van der Waals surface area contributed by atoms with Gasteiger partial charge in [-0.15, -0.1) is 0 Å². The van der Waals surface area contributed by atoms with E-state index in [0.29, 0.717) is 5.95 Å². The van der Waals surface area contributed by atoms with Gasteiger partial charge in [-0.2, -0.15) is 15.0 Å². The average Bonchev–Trinajstić information content (AvgIpc) is 2.53. The molecule has 0 radical (unpaired) electrons. The first-order valence-corrected chi connectivity index (χ1v) is 7.17. The molecule has 7 heteroatoms. The summed E-state index contributed by atoms with van der Waals surface area (Å²) in [6.07, 6.45) is 4.57. The van der Waals surface area contributed by atoms with Crippen molar-refractivity contribution in [2.24, 2.45) is 0 Å². The minimum Gasteiger partial charge on any atom is -0.461 e. The maximum absolute atomic E-state index is 10.1. The fraction of sp³-hybridized carbons (Fsp3) is 0.769. The van der Waals surface area contributed by atoms with Gasteiger partial charge in [0.05, 0.1) is 18.2 Å². The molecular formula is C13H23N5O2. The van der Waals surface area contributed by atoms with Gasteiger partial charge in [0.25, 0.3) is 0 Å². The van der Waals surface area contributed by atoms with Crippen molar-refractivity contribution in [1.82, 2.24) is 15.0 Å². The third kappa shape index (κ3) is 4.19. The number of nitrogen functional groups attached to an aromatic ring is 1. The zero-order valence-electron chi connectivity index (χ0n) is 12.0. The van der Waals surface area contributed by atoms with Crippen LogP contribution < -0.4 is 15.8 Å². The van der Waals surface area contributed by atoms with Crippen LogP contribution in [0.4, 0.5) is 11.9 Å². The number of aromatic nitrogens is 3. The molecule has 0 bridgehead atoms. The van der Waals surface area contributed by atoms with Gasteiger partial charge in [-0.3, -0.25) is 0 Å². The van der Waals surface area contributed by atoms with Crippen LogP contribution in [-0.4, -0.2) is 38.3 Å². The van der Waals surface area contributed by atoms with Crippen molar-refractivity contribution >= 4 is 11.9 Å². The van der Waals surface area contributed by atoms with Crippen LogP contribution in [0.15, 0.2) is 0 Å². The summed E-state index contributed by atoms with van der Waals surface area (Å²) in [5.41, 5.74) is 5.66. The number of anilines is 2. The Morgan fingerprint density at radius 3 is 2.70 bits per heavy atom. The topological polar surface area (TPSA) is 106 Å². The summed E-state index contributed by atoms with van der Waals surface area (Å²) in [6.45, 7) is 3.78. The fourth-order valence-corrected chi connectivity index (χ4v) is 2.32. The highest BCUT2D eigenvalue weighted by Gasteiger charge is 2.22. The van der Waals surface area contributed by atoms with E-state index in [0.717, 1.165) is 32.1 Å². The molecule has 0 amide bonds. The molecule has 0 aliphatic heterocycles. The zero-order valence-corrected chi connectivity index (χ0v) is 12.0. The molecule has 0 spiro atoms. The molecule has 2 unspecified atom stereocenters. The van der Waals surface area contributed by atoms with Gasteiger partial charge >= 0.3 is 6.01 Å². The Bertz CT molecular complexity index is 441. The maximum Gasteiger partial charge on any atom is 0.323 e. The molecule has 1 heterocycles. The molecule has 1 aromatic rings. The van der Waals surface area contributed by atoms with Crippen LogP contribution >= 0.6 is 0 Å². The molecule has 1 aromatic heterocycles. The summed E-state index contributed by atoms with van der Waals surface area (Å²) < 4.78 is 5.43. The molecule has 0 saturated heterocycles. The normalized spacial score (nSPS) is 23.4. The third-order valence-corrected chi connectivity index (χ3v) is 3.27. The van der Waals surface area contributed by atoms with Crippen LogP contribution in [0.1, 0.15) is 46.0 Å². The number of nitrogens with two attached hydrogens (primary N) is 1. The lowest BCUT2D eigenvalue weighted by molar-refractivity contribution is 0.144. The van der Waals surface area contributed by atoms with Gasteiger partial charge in [-0.1, -0.05) is 19.3 Å². The number of nitrogens with one attached hydrogen (secondary N) is 1. The number of nitrogens with zero attached hydrogens (tertiary/aromatic N) is 3. The zero-order chi connectivity index (χ0) is 14.5. The van der Waals surface area contributed by atoms with E-state index in [1.165, 1.54) is 0 Å². The molecule has 2 atom stereocenters. The highest BCUT2D eigenvalue weighted by Crippen LogP contribution is 2.21. The SMILES string of the molecule is CC(C)Oc1nc(N)nc(NC2CCCCCC2O)n1. The van der Waals surface area contributed by atoms with E-state index in [9.17, 15) is 5.11 Å². The Labute approximate surface area is 119 Å². The molecule has 20 heavy (non-hydrogen) atoms. The first-order valence-electron chi connectivity index (χ1n) is 7.17. The molecule has 7 nitrogen and oxygen atoms in total. The summed E-state index contributed by atoms with van der Waals surface area (Å²) in [7, 11) is 0. The Hall–Kier alpha value is -1.63. The van der Waals surface area contributed by atoms with Crippen molar-refractivity contribution in [3.8, 4) is 6.01 Å². The van der Waals surface area contributed by atoms with E-state index in [4.69, 9.17) is 10.5 Å². The van der Waals surface area contributed by atoms with Crippen LogP contribution in [-0.2, 0) is 0 Å². The molecule has 0 aromatic carbocycles. The van der Waals surface area contributed by atoms with Crippen molar-refractivity contribution in [2.75, 3.05) is 11.1 Å². The molecule has 1 saturated carbocycles. The van der Waals surface area contributed by atoms with Gasteiger partial charge in [0.15, 0.2) is 0 Å². The number of hydrogen-bond donors (Lipinski definition) is 3. The summed E-state index contributed by atoms with van der Waals surface area (Å²) in [5.74, 6) is 0.473. The lowest BCUT2D eigenvalue weighted by Crippen LogP contribution is -2.33. The number of aliphatic hydroxyl groups is 1. The van der Waals surface area contributed by atoms with E-state index in [2.05, 4.69) is 20.3 Å². The van der Waals surface area contributed by atoms with E-state index in [1.54, 1.807) is 0 Å². The highest BCUT2D eigenvalue weighted by atomic mass is 16.5. The summed E-state index contributed by atoms with van der Waals surface area (Å²) in [4.78, 5) is 12.2.